The molecular weight excluding hydrogens is 326 g/mol. The van der Waals surface area contributed by atoms with Crippen LogP contribution in [0.3, 0.4) is 0 Å². The average Bonchev–Trinajstić information content (AvgIpc) is 2.67. The molecule has 0 aromatic heterocycles. The quantitative estimate of drug-likeness (QED) is 0.664. The number of amides is 1. The van der Waals surface area contributed by atoms with Crippen molar-refractivity contribution in [2.24, 2.45) is 0 Å². The molecule has 0 bridgehead atoms. The first-order chi connectivity index (χ1) is 12.5. The highest BCUT2D eigenvalue weighted by atomic mass is 16.5. The summed E-state index contributed by atoms with van der Waals surface area (Å²) in [6.07, 6.45) is 0.823. The van der Waals surface area contributed by atoms with E-state index in [0.717, 1.165) is 17.7 Å². The minimum Gasteiger partial charge on any atom is -0.481 e. The normalized spacial score (nSPS) is 12.9. The van der Waals surface area contributed by atoms with E-state index in [9.17, 15) is 9.59 Å². The number of para-hydroxylation sites is 1. The Labute approximate surface area is 155 Å². The number of benzene rings is 2. The molecule has 2 atom stereocenters. The van der Waals surface area contributed by atoms with Crippen molar-refractivity contribution >= 4 is 17.4 Å². The first-order valence-corrected chi connectivity index (χ1v) is 9.15. The number of hydrogen-bond acceptors (Lipinski definition) is 3. The lowest BCUT2D eigenvalue weighted by Crippen LogP contribution is -2.30. The minimum atomic E-state index is -0.646. The second-order valence-electron chi connectivity index (χ2n) is 6.45. The lowest BCUT2D eigenvalue weighted by Gasteiger charge is -2.18. The Hall–Kier alpha value is -2.62. The van der Waals surface area contributed by atoms with Crippen molar-refractivity contribution in [3.05, 3.63) is 59.7 Å². The molecule has 1 N–H and O–H groups in total. The molecule has 1 amide bonds. The van der Waals surface area contributed by atoms with Crippen molar-refractivity contribution in [2.75, 3.05) is 5.32 Å². The van der Waals surface area contributed by atoms with Gasteiger partial charge in [-0.25, -0.2) is 0 Å². The van der Waals surface area contributed by atoms with Gasteiger partial charge in [-0.05, 0) is 55.2 Å². The summed E-state index contributed by atoms with van der Waals surface area (Å²) in [7, 11) is 0. The van der Waals surface area contributed by atoms with Crippen LogP contribution in [0.15, 0.2) is 48.5 Å². The van der Waals surface area contributed by atoms with E-state index in [-0.39, 0.29) is 11.7 Å². The molecular formula is C22H27NO3. The summed E-state index contributed by atoms with van der Waals surface area (Å²) in [5, 5.41) is 2.97. The Morgan fingerprint density at radius 1 is 1.00 bits per heavy atom. The Balaban J connectivity index is 2.03. The number of rotatable bonds is 8. The molecule has 2 aromatic carbocycles. The van der Waals surface area contributed by atoms with Gasteiger partial charge in [0.25, 0.3) is 5.91 Å². The van der Waals surface area contributed by atoms with E-state index in [1.165, 1.54) is 0 Å². The van der Waals surface area contributed by atoms with Crippen LogP contribution in [-0.4, -0.2) is 17.8 Å². The van der Waals surface area contributed by atoms with Crippen LogP contribution >= 0.6 is 0 Å². The van der Waals surface area contributed by atoms with Crippen LogP contribution in [0, 0.1) is 0 Å². The van der Waals surface area contributed by atoms with Gasteiger partial charge in [0.1, 0.15) is 5.75 Å². The zero-order valence-corrected chi connectivity index (χ0v) is 15.9. The second kappa shape index (κ2) is 9.18. The van der Waals surface area contributed by atoms with Gasteiger partial charge in [-0.3, -0.25) is 9.59 Å². The molecule has 2 rings (SSSR count). The number of carbonyl (C=O) groups excluding carboxylic acids is 2. The van der Waals surface area contributed by atoms with Gasteiger partial charge in [0, 0.05) is 17.7 Å². The SMILES string of the molecule is CCC(=O)c1ccc(O[C@@H](C)C(=O)Nc2ccccc2[C@@H](C)CC)cc1. The van der Waals surface area contributed by atoms with Crippen molar-refractivity contribution in [3.63, 3.8) is 0 Å². The molecule has 0 saturated heterocycles. The maximum Gasteiger partial charge on any atom is 0.265 e. The summed E-state index contributed by atoms with van der Waals surface area (Å²) in [5.74, 6) is 0.820. The number of ether oxygens (including phenoxy) is 1. The molecule has 0 unspecified atom stereocenters. The Morgan fingerprint density at radius 2 is 1.65 bits per heavy atom. The topological polar surface area (TPSA) is 55.4 Å². The van der Waals surface area contributed by atoms with Gasteiger partial charge in [-0.15, -0.1) is 0 Å². The predicted octanol–water partition coefficient (Wildman–Crippen LogP) is 5.20. The third-order valence-electron chi connectivity index (χ3n) is 4.54. The number of anilines is 1. The summed E-state index contributed by atoms with van der Waals surface area (Å²) in [6, 6.07) is 14.7. The maximum absolute atomic E-state index is 12.5. The van der Waals surface area contributed by atoms with E-state index in [4.69, 9.17) is 4.74 Å². The van der Waals surface area contributed by atoms with Gasteiger partial charge in [0.05, 0.1) is 0 Å². The molecule has 26 heavy (non-hydrogen) atoms. The fraction of sp³-hybridized carbons (Fsp3) is 0.364. The van der Waals surface area contributed by atoms with E-state index in [1.54, 1.807) is 31.2 Å². The van der Waals surface area contributed by atoms with Crippen molar-refractivity contribution in [3.8, 4) is 5.75 Å². The molecule has 0 saturated carbocycles. The van der Waals surface area contributed by atoms with Gasteiger partial charge in [0.2, 0.25) is 0 Å². The standard InChI is InChI=1S/C22H27NO3/c1-5-15(3)19-9-7-8-10-20(19)23-22(25)16(4)26-18-13-11-17(12-14-18)21(24)6-2/h7-16H,5-6H2,1-4H3,(H,23,25)/t15-,16-/m0/s1. The van der Waals surface area contributed by atoms with Gasteiger partial charge < -0.3 is 10.1 Å². The number of carbonyl (C=O) groups is 2. The molecule has 138 valence electrons. The number of hydrogen-bond donors (Lipinski definition) is 1. The van der Waals surface area contributed by atoms with E-state index in [1.807, 2.05) is 31.2 Å². The molecule has 0 fully saturated rings. The molecule has 0 aliphatic rings. The van der Waals surface area contributed by atoms with Crippen LogP contribution in [-0.2, 0) is 4.79 Å². The third-order valence-corrected chi connectivity index (χ3v) is 4.54. The average molecular weight is 353 g/mol. The maximum atomic E-state index is 12.5. The summed E-state index contributed by atoms with van der Waals surface area (Å²) in [6.45, 7) is 7.81. The van der Waals surface area contributed by atoms with Gasteiger partial charge >= 0.3 is 0 Å². The highest BCUT2D eigenvalue weighted by molar-refractivity contribution is 5.96. The lowest BCUT2D eigenvalue weighted by molar-refractivity contribution is -0.122. The Kier molecular flexibility index (Phi) is 6.96. The Morgan fingerprint density at radius 3 is 2.27 bits per heavy atom. The van der Waals surface area contributed by atoms with Gasteiger partial charge in [-0.2, -0.15) is 0 Å². The largest absolute Gasteiger partial charge is 0.481 e. The highest BCUT2D eigenvalue weighted by Crippen LogP contribution is 2.26. The summed E-state index contributed by atoms with van der Waals surface area (Å²) >= 11 is 0. The molecule has 0 heterocycles. The van der Waals surface area contributed by atoms with Crippen LogP contribution in [0.5, 0.6) is 5.75 Å². The third kappa shape index (κ3) is 4.94. The lowest BCUT2D eigenvalue weighted by atomic mass is 9.97. The van der Waals surface area contributed by atoms with Crippen LogP contribution in [0.1, 0.15) is 62.4 Å². The first-order valence-electron chi connectivity index (χ1n) is 9.15. The first kappa shape index (κ1) is 19.7. The zero-order valence-electron chi connectivity index (χ0n) is 15.9. The number of Topliss-reactive ketones (excluding diaryl/α,β-unsaturated/α-hetero) is 1. The summed E-state index contributed by atoms with van der Waals surface area (Å²) in [5.41, 5.74) is 2.60. The molecule has 0 aliphatic carbocycles. The van der Waals surface area contributed by atoms with Crippen molar-refractivity contribution in [1.29, 1.82) is 0 Å². The second-order valence-corrected chi connectivity index (χ2v) is 6.45. The number of ketones is 1. The van der Waals surface area contributed by atoms with E-state index in [2.05, 4.69) is 19.2 Å². The molecule has 0 radical (unpaired) electrons. The van der Waals surface area contributed by atoms with Crippen LogP contribution in [0.4, 0.5) is 5.69 Å². The van der Waals surface area contributed by atoms with Crippen molar-refractivity contribution in [1.82, 2.24) is 0 Å². The molecule has 2 aromatic rings. The van der Waals surface area contributed by atoms with Crippen molar-refractivity contribution < 1.29 is 14.3 Å². The van der Waals surface area contributed by atoms with Crippen LogP contribution in [0.25, 0.3) is 0 Å². The van der Waals surface area contributed by atoms with Gasteiger partial charge in [-0.1, -0.05) is 39.0 Å². The van der Waals surface area contributed by atoms with E-state index < -0.39 is 6.10 Å². The summed E-state index contributed by atoms with van der Waals surface area (Å²) in [4.78, 5) is 24.2. The zero-order chi connectivity index (χ0) is 19.1. The smallest absolute Gasteiger partial charge is 0.265 e. The summed E-state index contributed by atoms with van der Waals surface area (Å²) < 4.78 is 5.72. The molecule has 0 spiro atoms. The molecule has 0 aliphatic heterocycles. The van der Waals surface area contributed by atoms with Crippen molar-refractivity contribution in [2.45, 2.75) is 52.6 Å². The van der Waals surface area contributed by atoms with Crippen LogP contribution in [0.2, 0.25) is 0 Å². The number of nitrogens with one attached hydrogen (secondary N) is 1. The predicted molar refractivity (Wildman–Crippen MR) is 105 cm³/mol. The molecule has 4 heteroatoms. The highest BCUT2D eigenvalue weighted by Gasteiger charge is 2.17. The minimum absolute atomic E-state index is 0.0870. The fourth-order valence-corrected chi connectivity index (χ4v) is 2.68. The molecule has 4 nitrogen and oxygen atoms in total. The monoisotopic (exact) mass is 353 g/mol. The van der Waals surface area contributed by atoms with E-state index in [0.29, 0.717) is 23.7 Å². The van der Waals surface area contributed by atoms with E-state index >= 15 is 0 Å². The van der Waals surface area contributed by atoms with Gasteiger partial charge in [0.15, 0.2) is 11.9 Å². The Bertz CT molecular complexity index is 752. The van der Waals surface area contributed by atoms with Crippen LogP contribution < -0.4 is 10.1 Å². The fourth-order valence-electron chi connectivity index (χ4n) is 2.68.